The van der Waals surface area contributed by atoms with Gasteiger partial charge < -0.3 is 5.32 Å². The Morgan fingerprint density at radius 3 is 2.54 bits per heavy atom. The van der Waals surface area contributed by atoms with Gasteiger partial charge in [-0.15, -0.1) is 11.3 Å². The summed E-state index contributed by atoms with van der Waals surface area (Å²) >= 11 is 1.53. The summed E-state index contributed by atoms with van der Waals surface area (Å²) in [6.07, 6.45) is 0. The van der Waals surface area contributed by atoms with Crippen molar-refractivity contribution in [3.63, 3.8) is 0 Å². The number of benzene rings is 2. The van der Waals surface area contributed by atoms with Crippen LogP contribution in [-0.4, -0.2) is 17.5 Å². The zero-order valence-electron chi connectivity index (χ0n) is 16.4. The Hall–Kier alpha value is -2.99. The van der Waals surface area contributed by atoms with Crippen LogP contribution in [0.1, 0.15) is 43.6 Å². The quantitative estimate of drug-likeness (QED) is 0.481. The molecular formula is C22H23N3O2S. The van der Waals surface area contributed by atoms with Crippen molar-refractivity contribution in [2.45, 2.75) is 27.7 Å². The summed E-state index contributed by atoms with van der Waals surface area (Å²) in [5.41, 5.74) is 4.94. The molecule has 2 N–H and O–H groups in total. The molecule has 1 aromatic heterocycles. The monoisotopic (exact) mass is 393 g/mol. The summed E-state index contributed by atoms with van der Waals surface area (Å²) in [5, 5.41) is 9.90. The third kappa shape index (κ3) is 4.46. The SMILES string of the molecule is C/C(=N\NC(=O)c1csc2ccccc12)c1cccc(NC(=O)C(C)(C)C)c1. The van der Waals surface area contributed by atoms with Crippen molar-refractivity contribution in [1.82, 2.24) is 5.43 Å². The maximum atomic E-state index is 12.5. The molecule has 0 atom stereocenters. The summed E-state index contributed by atoms with van der Waals surface area (Å²) in [4.78, 5) is 24.7. The smallest absolute Gasteiger partial charge is 0.272 e. The van der Waals surface area contributed by atoms with Crippen LogP contribution in [0.25, 0.3) is 10.1 Å². The molecule has 0 fully saturated rings. The standard InChI is InChI=1S/C22H23N3O2S/c1-14(15-8-7-9-16(12-15)23-21(27)22(2,3)4)24-25-20(26)18-13-28-19-11-6-5-10-17(18)19/h5-13H,1-4H3,(H,23,27)(H,25,26)/b24-14+. The lowest BCUT2D eigenvalue weighted by Gasteiger charge is -2.18. The van der Waals surface area contributed by atoms with E-state index in [-0.39, 0.29) is 11.8 Å². The molecule has 0 aliphatic carbocycles. The van der Waals surface area contributed by atoms with Crippen LogP contribution in [0.15, 0.2) is 59.0 Å². The van der Waals surface area contributed by atoms with Crippen LogP contribution in [0.2, 0.25) is 0 Å². The fraction of sp³-hybridized carbons (Fsp3) is 0.227. The molecule has 0 aliphatic rings. The van der Waals surface area contributed by atoms with Gasteiger partial charge in [0.1, 0.15) is 0 Å². The first kappa shape index (κ1) is 19.8. The van der Waals surface area contributed by atoms with Gasteiger partial charge in [0.15, 0.2) is 0 Å². The molecule has 0 bridgehead atoms. The van der Waals surface area contributed by atoms with E-state index in [9.17, 15) is 9.59 Å². The molecule has 0 saturated carbocycles. The topological polar surface area (TPSA) is 70.6 Å². The average molecular weight is 394 g/mol. The Labute approximate surface area is 168 Å². The van der Waals surface area contributed by atoms with E-state index in [4.69, 9.17) is 0 Å². The maximum Gasteiger partial charge on any atom is 0.272 e. The van der Waals surface area contributed by atoms with Crippen LogP contribution in [-0.2, 0) is 4.79 Å². The highest BCUT2D eigenvalue weighted by atomic mass is 32.1. The predicted octanol–water partition coefficient (Wildman–Crippen LogP) is 5.04. The van der Waals surface area contributed by atoms with E-state index in [1.165, 1.54) is 11.3 Å². The number of hydrogen-bond donors (Lipinski definition) is 2. The Kier molecular flexibility index (Phi) is 5.61. The van der Waals surface area contributed by atoms with Crippen LogP contribution < -0.4 is 10.7 Å². The highest BCUT2D eigenvalue weighted by Gasteiger charge is 2.21. The van der Waals surface area contributed by atoms with E-state index < -0.39 is 5.41 Å². The molecule has 0 radical (unpaired) electrons. The van der Waals surface area contributed by atoms with E-state index in [0.29, 0.717) is 17.0 Å². The second-order valence-corrected chi connectivity index (χ2v) is 8.48. The Bertz CT molecular complexity index is 1060. The minimum Gasteiger partial charge on any atom is -0.326 e. The van der Waals surface area contributed by atoms with Crippen LogP contribution in [0, 0.1) is 5.41 Å². The lowest BCUT2D eigenvalue weighted by molar-refractivity contribution is -0.123. The first-order chi connectivity index (χ1) is 13.3. The fourth-order valence-electron chi connectivity index (χ4n) is 2.55. The summed E-state index contributed by atoms with van der Waals surface area (Å²) in [7, 11) is 0. The Morgan fingerprint density at radius 1 is 1.04 bits per heavy atom. The van der Waals surface area contributed by atoms with Crippen LogP contribution in [0.4, 0.5) is 5.69 Å². The Balaban J connectivity index is 1.74. The number of thiophene rings is 1. The van der Waals surface area contributed by atoms with E-state index >= 15 is 0 Å². The zero-order chi connectivity index (χ0) is 20.3. The van der Waals surface area contributed by atoms with E-state index in [0.717, 1.165) is 15.6 Å². The molecule has 2 aromatic carbocycles. The van der Waals surface area contributed by atoms with Crippen LogP contribution in [0.5, 0.6) is 0 Å². The number of amides is 2. The highest BCUT2D eigenvalue weighted by Crippen LogP contribution is 2.25. The molecule has 3 rings (SSSR count). The first-order valence-corrected chi connectivity index (χ1v) is 9.86. The minimum absolute atomic E-state index is 0.0584. The number of hydrazone groups is 1. The molecule has 3 aromatic rings. The van der Waals surface area contributed by atoms with Gasteiger partial charge in [-0.1, -0.05) is 51.1 Å². The second-order valence-electron chi connectivity index (χ2n) is 7.57. The van der Waals surface area contributed by atoms with Gasteiger partial charge in [0.25, 0.3) is 5.91 Å². The van der Waals surface area contributed by atoms with Crippen molar-refractivity contribution < 1.29 is 9.59 Å². The van der Waals surface area contributed by atoms with Crippen molar-refractivity contribution >= 4 is 44.6 Å². The molecule has 0 aliphatic heterocycles. The molecule has 5 nitrogen and oxygen atoms in total. The average Bonchev–Trinajstić information content (AvgIpc) is 3.09. The van der Waals surface area contributed by atoms with Crippen molar-refractivity contribution in [1.29, 1.82) is 0 Å². The second kappa shape index (κ2) is 7.94. The van der Waals surface area contributed by atoms with Crippen LogP contribution in [0.3, 0.4) is 0 Å². The molecule has 28 heavy (non-hydrogen) atoms. The largest absolute Gasteiger partial charge is 0.326 e. The van der Waals surface area contributed by atoms with E-state index in [2.05, 4.69) is 15.8 Å². The molecule has 0 saturated heterocycles. The van der Waals surface area contributed by atoms with Gasteiger partial charge in [-0.25, -0.2) is 5.43 Å². The third-order valence-electron chi connectivity index (χ3n) is 4.27. The molecule has 6 heteroatoms. The van der Waals surface area contributed by atoms with Gasteiger partial charge in [0.2, 0.25) is 5.91 Å². The number of carbonyl (C=O) groups excluding carboxylic acids is 2. The third-order valence-corrected chi connectivity index (χ3v) is 5.23. The Morgan fingerprint density at radius 2 is 1.79 bits per heavy atom. The maximum absolute atomic E-state index is 12.5. The minimum atomic E-state index is -0.476. The van der Waals surface area contributed by atoms with Crippen molar-refractivity contribution in [2.24, 2.45) is 10.5 Å². The number of rotatable bonds is 4. The number of anilines is 1. The predicted molar refractivity (Wildman–Crippen MR) is 116 cm³/mol. The molecular weight excluding hydrogens is 370 g/mol. The van der Waals surface area contributed by atoms with Gasteiger partial charge in [0.05, 0.1) is 11.3 Å². The van der Waals surface area contributed by atoms with Crippen molar-refractivity contribution in [3.05, 3.63) is 65.0 Å². The first-order valence-electron chi connectivity index (χ1n) is 8.98. The lowest BCUT2D eigenvalue weighted by Crippen LogP contribution is -2.27. The van der Waals surface area contributed by atoms with Crippen molar-refractivity contribution in [3.8, 4) is 0 Å². The van der Waals surface area contributed by atoms with Crippen molar-refractivity contribution in [2.75, 3.05) is 5.32 Å². The zero-order valence-corrected chi connectivity index (χ0v) is 17.2. The number of nitrogens with zero attached hydrogens (tertiary/aromatic N) is 1. The summed E-state index contributed by atoms with van der Waals surface area (Å²) in [5.74, 6) is -0.300. The molecule has 144 valence electrons. The molecule has 1 heterocycles. The number of nitrogens with one attached hydrogen (secondary N) is 2. The molecule has 0 unspecified atom stereocenters. The summed E-state index contributed by atoms with van der Waals surface area (Å²) < 4.78 is 1.07. The highest BCUT2D eigenvalue weighted by molar-refractivity contribution is 7.17. The van der Waals surface area contributed by atoms with E-state index in [1.807, 2.05) is 81.6 Å². The number of hydrogen-bond acceptors (Lipinski definition) is 4. The number of fused-ring (bicyclic) bond motifs is 1. The van der Waals surface area contributed by atoms with Gasteiger partial charge >= 0.3 is 0 Å². The normalized spacial score (nSPS) is 12.1. The number of carbonyl (C=O) groups is 2. The van der Waals surface area contributed by atoms with Gasteiger partial charge in [-0.05, 0) is 30.7 Å². The van der Waals surface area contributed by atoms with Gasteiger partial charge in [-0.3, -0.25) is 9.59 Å². The molecule has 2 amide bonds. The van der Waals surface area contributed by atoms with Gasteiger partial charge in [-0.2, -0.15) is 5.10 Å². The van der Waals surface area contributed by atoms with E-state index in [1.54, 1.807) is 0 Å². The summed E-state index contributed by atoms with van der Waals surface area (Å²) in [6, 6.07) is 15.2. The fourth-order valence-corrected chi connectivity index (χ4v) is 3.49. The van der Waals surface area contributed by atoms with Crippen LogP contribution >= 0.6 is 11.3 Å². The summed E-state index contributed by atoms with van der Waals surface area (Å²) in [6.45, 7) is 7.41. The van der Waals surface area contributed by atoms with Gasteiger partial charge in [0, 0.05) is 26.6 Å². The molecule has 0 spiro atoms. The lowest BCUT2D eigenvalue weighted by atomic mass is 9.95.